The van der Waals surface area contributed by atoms with E-state index in [2.05, 4.69) is 30.6 Å². The number of H-pyrrole nitrogens is 1. The van der Waals surface area contributed by atoms with Crippen LogP contribution in [0.5, 0.6) is 11.6 Å². The molecule has 0 aliphatic heterocycles. The van der Waals surface area contributed by atoms with Crippen molar-refractivity contribution in [2.45, 2.75) is 6.54 Å². The maximum absolute atomic E-state index is 13.3. The molecule has 2 aromatic carbocycles. The van der Waals surface area contributed by atoms with Gasteiger partial charge in [-0.3, -0.25) is 9.59 Å². The Morgan fingerprint density at radius 3 is 2.55 bits per heavy atom. The number of ether oxygens (including phenoxy) is 1. The Balaban J connectivity index is 1.41. The third kappa shape index (κ3) is 6.02. The maximum atomic E-state index is 13.3. The molecule has 3 aromatic heterocycles. The van der Waals surface area contributed by atoms with Gasteiger partial charge in [-0.2, -0.15) is 14.4 Å². The fraction of sp³-hybridized carbons (Fsp3) is 0.0385. The van der Waals surface area contributed by atoms with Crippen molar-refractivity contribution in [1.82, 2.24) is 24.5 Å². The average molecular weight is 532 g/mol. The monoisotopic (exact) mass is 531 g/mol. The lowest BCUT2D eigenvalue weighted by molar-refractivity contribution is 0.101. The van der Waals surface area contributed by atoms with Gasteiger partial charge < -0.3 is 24.9 Å². The van der Waals surface area contributed by atoms with Crippen molar-refractivity contribution in [3.8, 4) is 11.6 Å². The lowest BCUT2D eigenvalue weighted by Crippen LogP contribution is -2.24. The van der Waals surface area contributed by atoms with Gasteiger partial charge in [0.15, 0.2) is 5.82 Å². The number of amides is 1. The van der Waals surface area contributed by atoms with E-state index in [1.54, 1.807) is 47.0 Å². The Morgan fingerprint density at radius 2 is 1.84 bits per heavy atom. The first-order valence-corrected chi connectivity index (χ1v) is 11.6. The summed E-state index contributed by atoms with van der Waals surface area (Å²) in [5.41, 5.74) is 0.834. The Morgan fingerprint density at radius 1 is 1.05 bits per heavy atom. The first-order valence-electron chi connectivity index (χ1n) is 11.3. The van der Waals surface area contributed by atoms with E-state index in [9.17, 15) is 14.0 Å². The summed E-state index contributed by atoms with van der Waals surface area (Å²) in [4.78, 5) is 39.7. The molecule has 38 heavy (non-hydrogen) atoms. The van der Waals surface area contributed by atoms with Crippen LogP contribution in [-0.4, -0.2) is 30.4 Å². The number of carbonyl (C=O) groups excluding carboxylic acids is 1. The molecule has 0 saturated heterocycles. The maximum Gasteiger partial charge on any atom is 0.298 e. The second-order valence-electron chi connectivity index (χ2n) is 7.98. The lowest BCUT2D eigenvalue weighted by atomic mass is 10.2. The highest BCUT2D eigenvalue weighted by Gasteiger charge is 2.15. The van der Waals surface area contributed by atoms with Gasteiger partial charge >= 0.3 is 0 Å². The normalized spacial score (nSPS) is 10.7. The number of hydrogen-bond donors (Lipinski definition) is 3. The number of halogens is 2. The van der Waals surface area contributed by atoms with E-state index in [0.29, 0.717) is 23.0 Å². The highest BCUT2D eigenvalue weighted by atomic mass is 35.5. The molecule has 0 unspecified atom stereocenters. The summed E-state index contributed by atoms with van der Waals surface area (Å²) in [5.74, 6) is -0.356. The summed E-state index contributed by atoms with van der Waals surface area (Å²) >= 11 is 6.02. The van der Waals surface area contributed by atoms with Crippen molar-refractivity contribution < 1.29 is 13.9 Å². The molecule has 5 rings (SSSR count). The van der Waals surface area contributed by atoms with E-state index in [1.165, 1.54) is 30.7 Å². The molecule has 0 aliphatic rings. The van der Waals surface area contributed by atoms with Crippen molar-refractivity contribution in [3.05, 3.63) is 118 Å². The van der Waals surface area contributed by atoms with Crippen molar-refractivity contribution in [3.63, 3.8) is 0 Å². The standard InChI is InChI=1S/C26H19ClFN7O3/c27-17-6-4-16(5-7-17)14-35-15-20(32-25(37)23-29-12-13-30-23)24(36)34-26(35)31-18-8-10-19(11-9-18)38-22-3-1-2-21(28)33-22/h1-13,15H,14H2,(H,29,30)(H,32,37)(H,31,34,36). The fourth-order valence-corrected chi connectivity index (χ4v) is 3.58. The van der Waals surface area contributed by atoms with Gasteiger partial charge in [0, 0.05) is 35.4 Å². The molecule has 1 amide bonds. The van der Waals surface area contributed by atoms with E-state index >= 15 is 0 Å². The first-order chi connectivity index (χ1) is 18.4. The molecule has 0 atom stereocenters. The van der Waals surface area contributed by atoms with Gasteiger partial charge in [0.2, 0.25) is 17.8 Å². The minimum absolute atomic E-state index is 0.0164. The van der Waals surface area contributed by atoms with E-state index in [1.807, 2.05) is 12.1 Å². The molecule has 0 fully saturated rings. The number of carbonyl (C=O) groups is 1. The highest BCUT2D eigenvalue weighted by Crippen LogP contribution is 2.24. The molecule has 12 heteroatoms. The minimum Gasteiger partial charge on any atom is -0.439 e. The number of pyridine rings is 1. The predicted molar refractivity (Wildman–Crippen MR) is 140 cm³/mol. The molecule has 0 aliphatic carbocycles. The van der Waals surface area contributed by atoms with Crippen molar-refractivity contribution >= 4 is 34.8 Å². The van der Waals surface area contributed by atoms with Crippen molar-refractivity contribution in [2.75, 3.05) is 10.6 Å². The summed E-state index contributed by atoms with van der Waals surface area (Å²) in [5, 5.41) is 6.25. The van der Waals surface area contributed by atoms with E-state index in [0.717, 1.165) is 5.56 Å². The van der Waals surface area contributed by atoms with Gasteiger partial charge in [0.1, 0.15) is 11.4 Å². The van der Waals surface area contributed by atoms with Crippen LogP contribution in [0.25, 0.3) is 0 Å². The van der Waals surface area contributed by atoms with Gasteiger partial charge in [0.25, 0.3) is 11.5 Å². The number of benzene rings is 2. The van der Waals surface area contributed by atoms with Crippen molar-refractivity contribution in [2.24, 2.45) is 0 Å². The lowest BCUT2D eigenvalue weighted by Gasteiger charge is -2.16. The zero-order chi connectivity index (χ0) is 26.5. The van der Waals surface area contributed by atoms with Crippen LogP contribution in [-0.2, 0) is 6.54 Å². The number of aromatic amines is 1. The average Bonchev–Trinajstić information content (AvgIpc) is 3.45. The van der Waals surface area contributed by atoms with Crippen LogP contribution < -0.4 is 20.9 Å². The number of hydrogen-bond acceptors (Lipinski definition) is 7. The molecule has 0 saturated carbocycles. The Labute approximate surface area is 220 Å². The number of imidazole rings is 1. The molecule has 0 spiro atoms. The van der Waals surface area contributed by atoms with Crippen molar-refractivity contribution in [1.29, 1.82) is 0 Å². The number of nitrogens with zero attached hydrogens (tertiary/aromatic N) is 4. The third-order valence-electron chi connectivity index (χ3n) is 5.24. The topological polar surface area (TPSA) is 127 Å². The summed E-state index contributed by atoms with van der Waals surface area (Å²) < 4.78 is 20.6. The van der Waals surface area contributed by atoms with Gasteiger partial charge in [-0.25, -0.2) is 4.98 Å². The Hall–Kier alpha value is -5.03. The van der Waals surface area contributed by atoms with Gasteiger partial charge in [-0.1, -0.05) is 29.8 Å². The molecule has 10 nitrogen and oxygen atoms in total. The number of aromatic nitrogens is 5. The van der Waals surface area contributed by atoms with Crippen LogP contribution in [0.2, 0.25) is 5.02 Å². The quantitative estimate of drug-likeness (QED) is 0.241. The molecule has 3 N–H and O–H groups in total. The SMILES string of the molecule is O=C(Nc1cn(Cc2ccc(Cl)cc2)c(Nc2ccc(Oc3cccc(F)n3)cc2)nc1=O)c1ncc[nH]1. The van der Waals surface area contributed by atoms with E-state index in [4.69, 9.17) is 16.3 Å². The third-order valence-corrected chi connectivity index (χ3v) is 5.50. The summed E-state index contributed by atoms with van der Waals surface area (Å²) in [6.07, 6.45) is 4.44. The number of nitrogens with one attached hydrogen (secondary N) is 3. The van der Waals surface area contributed by atoms with Crippen LogP contribution in [0.1, 0.15) is 16.2 Å². The largest absolute Gasteiger partial charge is 0.439 e. The Kier molecular flexibility index (Phi) is 7.09. The molecular formula is C26H19ClFN7O3. The van der Waals surface area contributed by atoms with Crippen LogP contribution in [0.3, 0.4) is 0 Å². The molecule has 5 aromatic rings. The van der Waals surface area contributed by atoms with E-state index in [-0.39, 0.29) is 23.3 Å². The van der Waals surface area contributed by atoms with Crippen LogP contribution in [0.4, 0.5) is 21.7 Å². The number of anilines is 3. The first kappa shape index (κ1) is 24.7. The van der Waals surface area contributed by atoms with Crippen LogP contribution >= 0.6 is 11.6 Å². The smallest absolute Gasteiger partial charge is 0.298 e. The summed E-state index contributed by atoms with van der Waals surface area (Å²) in [7, 11) is 0. The van der Waals surface area contributed by atoms with Gasteiger partial charge in [-0.05, 0) is 48.0 Å². The highest BCUT2D eigenvalue weighted by molar-refractivity contribution is 6.30. The van der Waals surface area contributed by atoms with Crippen LogP contribution in [0, 0.1) is 5.95 Å². The summed E-state index contributed by atoms with van der Waals surface area (Å²) in [6, 6.07) is 18.2. The second kappa shape index (κ2) is 10.9. The minimum atomic E-state index is -0.644. The molecular weight excluding hydrogens is 513 g/mol. The van der Waals surface area contributed by atoms with E-state index < -0.39 is 17.4 Å². The molecule has 0 radical (unpaired) electrons. The fourth-order valence-electron chi connectivity index (χ4n) is 3.46. The summed E-state index contributed by atoms with van der Waals surface area (Å²) in [6.45, 7) is 0.322. The molecule has 0 bridgehead atoms. The zero-order valence-corrected chi connectivity index (χ0v) is 20.3. The van der Waals surface area contributed by atoms with Gasteiger partial charge in [-0.15, -0.1) is 0 Å². The Bertz CT molecular complexity index is 1620. The second-order valence-corrected chi connectivity index (χ2v) is 8.42. The van der Waals surface area contributed by atoms with Gasteiger partial charge in [0.05, 0.1) is 6.54 Å². The zero-order valence-electron chi connectivity index (χ0n) is 19.6. The van der Waals surface area contributed by atoms with Crippen LogP contribution in [0.15, 0.2) is 90.1 Å². The predicted octanol–water partition coefficient (Wildman–Crippen LogP) is 4.99. The molecule has 190 valence electrons. The number of rotatable bonds is 8. The molecule has 3 heterocycles.